The smallest absolute Gasteiger partial charge is 0.376 e. The third-order valence-corrected chi connectivity index (χ3v) is 6.76. The van der Waals surface area contributed by atoms with E-state index in [4.69, 9.17) is 4.74 Å². The highest BCUT2D eigenvalue weighted by Crippen LogP contribution is 2.29. The molecular formula is C16H22F3N3O3S. The average molecular weight is 393 g/mol. The lowest BCUT2D eigenvalue weighted by molar-refractivity contribution is -0.141. The largest absolute Gasteiger partial charge is 0.433 e. The molecule has 0 aromatic carbocycles. The average Bonchev–Trinajstić information content (AvgIpc) is 2.61. The number of piperidine rings is 1. The zero-order chi connectivity index (χ0) is 18.9. The summed E-state index contributed by atoms with van der Waals surface area (Å²) in [5.41, 5.74) is -1.10. The third-order valence-electron chi connectivity index (χ3n) is 4.88. The van der Waals surface area contributed by atoms with Gasteiger partial charge in [0.1, 0.15) is 10.6 Å². The van der Waals surface area contributed by atoms with Gasteiger partial charge in [0.15, 0.2) is 0 Å². The van der Waals surface area contributed by atoms with Crippen molar-refractivity contribution in [3.05, 3.63) is 24.0 Å². The summed E-state index contributed by atoms with van der Waals surface area (Å²) < 4.78 is 69.9. The summed E-state index contributed by atoms with van der Waals surface area (Å²) in [6, 6.07) is 1.98. The fourth-order valence-corrected chi connectivity index (χ4v) is 4.89. The number of halogens is 3. The van der Waals surface area contributed by atoms with Gasteiger partial charge in [-0.1, -0.05) is 0 Å². The van der Waals surface area contributed by atoms with E-state index in [2.05, 4.69) is 9.88 Å². The molecular weight excluding hydrogens is 371 g/mol. The number of morpholine rings is 1. The molecule has 1 aromatic heterocycles. The first kappa shape index (κ1) is 19.5. The van der Waals surface area contributed by atoms with Crippen LogP contribution in [0, 0.1) is 0 Å². The maximum absolute atomic E-state index is 12.7. The van der Waals surface area contributed by atoms with Gasteiger partial charge in [-0.15, -0.1) is 0 Å². The van der Waals surface area contributed by atoms with Gasteiger partial charge in [-0.25, -0.2) is 8.42 Å². The molecule has 3 heterocycles. The molecule has 1 aromatic rings. The van der Waals surface area contributed by atoms with Crippen LogP contribution < -0.4 is 0 Å². The maximum atomic E-state index is 12.7. The highest BCUT2D eigenvalue weighted by Gasteiger charge is 2.35. The second kappa shape index (κ2) is 7.41. The number of pyridine rings is 1. The van der Waals surface area contributed by atoms with Crippen LogP contribution in [0.25, 0.3) is 0 Å². The molecule has 3 rings (SSSR count). The third kappa shape index (κ3) is 4.19. The molecule has 0 radical (unpaired) electrons. The van der Waals surface area contributed by atoms with E-state index in [1.807, 2.05) is 6.92 Å². The molecule has 0 N–H and O–H groups in total. The molecule has 0 amide bonds. The number of alkyl halides is 3. The number of rotatable bonds is 3. The molecule has 146 valence electrons. The number of nitrogens with zero attached hydrogens (tertiary/aromatic N) is 3. The predicted octanol–water partition coefficient (Wildman–Crippen LogP) is 1.97. The number of hydrogen-bond acceptors (Lipinski definition) is 5. The van der Waals surface area contributed by atoms with E-state index in [1.54, 1.807) is 0 Å². The van der Waals surface area contributed by atoms with Crippen LogP contribution in [-0.2, 0) is 20.9 Å². The normalized spacial score (nSPS) is 24.7. The first-order valence-corrected chi connectivity index (χ1v) is 10.0. The summed E-state index contributed by atoms with van der Waals surface area (Å²) in [5, 5.41) is 0. The SMILES string of the molecule is C[C@@H]1CN(C2CCN(S(=O)(=O)c3ccc(C(F)(F)F)nc3)CC2)CCO1. The molecule has 1 atom stereocenters. The fourth-order valence-electron chi connectivity index (χ4n) is 3.47. The van der Waals surface area contributed by atoms with Crippen molar-refractivity contribution >= 4 is 10.0 Å². The summed E-state index contributed by atoms with van der Waals surface area (Å²) in [6.07, 6.45) is -2.24. The van der Waals surface area contributed by atoms with Crippen LogP contribution in [0.5, 0.6) is 0 Å². The molecule has 2 saturated heterocycles. The Morgan fingerprint density at radius 2 is 1.88 bits per heavy atom. The molecule has 26 heavy (non-hydrogen) atoms. The Kier molecular flexibility index (Phi) is 5.57. The summed E-state index contributed by atoms with van der Waals surface area (Å²) in [4.78, 5) is 5.38. The van der Waals surface area contributed by atoms with Crippen LogP contribution in [0.1, 0.15) is 25.5 Å². The zero-order valence-electron chi connectivity index (χ0n) is 14.4. The Balaban J connectivity index is 1.64. The van der Waals surface area contributed by atoms with E-state index >= 15 is 0 Å². The maximum Gasteiger partial charge on any atom is 0.433 e. The summed E-state index contributed by atoms with van der Waals surface area (Å²) in [7, 11) is -3.83. The van der Waals surface area contributed by atoms with Gasteiger partial charge < -0.3 is 4.74 Å². The van der Waals surface area contributed by atoms with Crippen molar-refractivity contribution in [3.63, 3.8) is 0 Å². The molecule has 0 unspecified atom stereocenters. The van der Waals surface area contributed by atoms with Gasteiger partial charge in [-0.05, 0) is 31.9 Å². The van der Waals surface area contributed by atoms with Crippen molar-refractivity contribution < 1.29 is 26.3 Å². The molecule has 0 bridgehead atoms. The van der Waals surface area contributed by atoms with Gasteiger partial charge >= 0.3 is 6.18 Å². The van der Waals surface area contributed by atoms with Crippen LogP contribution in [0.15, 0.2) is 23.2 Å². The second-order valence-electron chi connectivity index (χ2n) is 6.69. The van der Waals surface area contributed by atoms with Crippen molar-refractivity contribution in [2.24, 2.45) is 0 Å². The Morgan fingerprint density at radius 3 is 2.42 bits per heavy atom. The highest BCUT2D eigenvalue weighted by atomic mass is 32.2. The molecule has 0 aliphatic carbocycles. The Morgan fingerprint density at radius 1 is 1.19 bits per heavy atom. The van der Waals surface area contributed by atoms with E-state index < -0.39 is 21.9 Å². The van der Waals surface area contributed by atoms with Gasteiger partial charge in [0, 0.05) is 38.4 Å². The van der Waals surface area contributed by atoms with Crippen LogP contribution in [0.3, 0.4) is 0 Å². The van der Waals surface area contributed by atoms with Crippen LogP contribution >= 0.6 is 0 Å². The van der Waals surface area contributed by atoms with Crippen molar-refractivity contribution in [2.45, 2.75) is 43.0 Å². The van der Waals surface area contributed by atoms with Crippen molar-refractivity contribution in [3.8, 4) is 0 Å². The van der Waals surface area contributed by atoms with E-state index in [-0.39, 0.29) is 11.0 Å². The second-order valence-corrected chi connectivity index (χ2v) is 8.63. The number of ether oxygens (including phenoxy) is 1. The minimum atomic E-state index is -4.59. The summed E-state index contributed by atoms with van der Waals surface area (Å²) in [6.45, 7) is 5.06. The van der Waals surface area contributed by atoms with Gasteiger partial charge in [0.05, 0.1) is 12.7 Å². The van der Waals surface area contributed by atoms with Crippen LogP contribution in [0.2, 0.25) is 0 Å². The van der Waals surface area contributed by atoms with E-state index in [1.165, 1.54) is 4.31 Å². The lowest BCUT2D eigenvalue weighted by atomic mass is 10.0. The monoisotopic (exact) mass is 393 g/mol. The lowest BCUT2D eigenvalue weighted by Gasteiger charge is -2.41. The molecule has 2 aliphatic heterocycles. The van der Waals surface area contributed by atoms with Gasteiger partial charge in [-0.3, -0.25) is 9.88 Å². The zero-order valence-corrected chi connectivity index (χ0v) is 15.3. The summed E-state index contributed by atoms with van der Waals surface area (Å²) >= 11 is 0. The first-order chi connectivity index (χ1) is 12.2. The standard InChI is InChI=1S/C16H22F3N3O3S/c1-12-11-21(8-9-25-12)13-4-6-22(7-5-13)26(23,24)14-2-3-15(20-10-14)16(17,18)19/h2-3,10,12-13H,4-9,11H2,1H3/t12-/m1/s1. The van der Waals surface area contributed by atoms with Gasteiger partial charge in [0.2, 0.25) is 10.0 Å². The minimum Gasteiger partial charge on any atom is -0.376 e. The van der Waals surface area contributed by atoms with Crippen LogP contribution in [-0.4, -0.2) is 67.5 Å². The van der Waals surface area contributed by atoms with Crippen molar-refractivity contribution in [1.82, 2.24) is 14.2 Å². The Bertz CT molecular complexity index is 716. The molecule has 2 aliphatic rings. The first-order valence-electron chi connectivity index (χ1n) is 8.57. The van der Waals surface area contributed by atoms with Gasteiger partial charge in [-0.2, -0.15) is 17.5 Å². The topological polar surface area (TPSA) is 62.7 Å². The molecule has 0 saturated carbocycles. The summed E-state index contributed by atoms with van der Waals surface area (Å²) in [5.74, 6) is 0. The molecule has 2 fully saturated rings. The number of sulfonamides is 1. The predicted molar refractivity (Wildman–Crippen MR) is 88.0 cm³/mol. The molecule has 0 spiro atoms. The van der Waals surface area contributed by atoms with Crippen molar-refractivity contribution in [2.75, 3.05) is 32.8 Å². The van der Waals surface area contributed by atoms with E-state index in [0.29, 0.717) is 44.6 Å². The lowest BCUT2D eigenvalue weighted by Crippen LogP contribution is -2.51. The van der Waals surface area contributed by atoms with Crippen LogP contribution in [0.4, 0.5) is 13.2 Å². The van der Waals surface area contributed by atoms with E-state index in [9.17, 15) is 21.6 Å². The minimum absolute atomic E-state index is 0.170. The Hall–Kier alpha value is -1.23. The number of hydrogen-bond donors (Lipinski definition) is 0. The van der Waals surface area contributed by atoms with Crippen molar-refractivity contribution in [1.29, 1.82) is 0 Å². The molecule has 10 heteroatoms. The quantitative estimate of drug-likeness (QED) is 0.786. The van der Waals surface area contributed by atoms with E-state index in [0.717, 1.165) is 25.4 Å². The Labute approximate surface area is 151 Å². The molecule has 6 nitrogen and oxygen atoms in total. The fraction of sp³-hybridized carbons (Fsp3) is 0.688. The van der Waals surface area contributed by atoms with Gasteiger partial charge in [0.25, 0.3) is 0 Å². The number of aromatic nitrogens is 1. The highest BCUT2D eigenvalue weighted by molar-refractivity contribution is 7.89.